The lowest BCUT2D eigenvalue weighted by Crippen LogP contribution is -2.41. The number of aromatic hydroxyl groups is 1. The highest BCUT2D eigenvalue weighted by atomic mass is 35.5. The topological polar surface area (TPSA) is 69.2 Å². The zero-order valence-corrected chi connectivity index (χ0v) is 15.1. The monoisotopic (exact) mass is 379 g/mol. The number of aromatic nitrogens is 2. The van der Waals surface area contributed by atoms with Crippen LogP contribution in [0.1, 0.15) is 29.7 Å². The molecule has 1 amide bonds. The molecule has 1 aromatic heterocycles. The maximum absolute atomic E-state index is 12.9. The van der Waals surface area contributed by atoms with Gasteiger partial charge in [-0.25, -0.2) is 0 Å². The number of carbonyl (C=O) groups is 1. The maximum Gasteiger partial charge on any atom is 0.226 e. The summed E-state index contributed by atoms with van der Waals surface area (Å²) in [5, 5.41) is 17.6. The molecule has 25 heavy (non-hydrogen) atoms. The van der Waals surface area contributed by atoms with Crippen LogP contribution in [0.5, 0.6) is 5.75 Å². The van der Waals surface area contributed by atoms with E-state index in [4.69, 9.17) is 23.2 Å². The number of nitrogens with one attached hydrogen (secondary N) is 1. The smallest absolute Gasteiger partial charge is 0.226 e. The highest BCUT2D eigenvalue weighted by Gasteiger charge is 2.37. The Balaban J connectivity index is 1.47. The molecule has 2 heterocycles. The third-order valence-corrected chi connectivity index (χ3v) is 6.02. The number of aromatic amines is 1. The van der Waals surface area contributed by atoms with Gasteiger partial charge in [0.15, 0.2) is 0 Å². The number of amides is 1. The second-order valence-electron chi connectivity index (χ2n) is 6.86. The van der Waals surface area contributed by atoms with E-state index in [0.29, 0.717) is 16.5 Å². The van der Waals surface area contributed by atoms with Crippen LogP contribution in [-0.2, 0) is 24.1 Å². The summed E-state index contributed by atoms with van der Waals surface area (Å²) in [4.78, 5) is 14.9. The van der Waals surface area contributed by atoms with Crippen LogP contribution in [0, 0.1) is 5.92 Å². The molecule has 1 fully saturated rings. The van der Waals surface area contributed by atoms with Gasteiger partial charge in [0.1, 0.15) is 5.75 Å². The molecular formula is C18H19Cl2N3O2. The quantitative estimate of drug-likeness (QED) is 0.858. The van der Waals surface area contributed by atoms with Gasteiger partial charge in [-0.2, -0.15) is 5.10 Å². The van der Waals surface area contributed by atoms with Gasteiger partial charge in [0.25, 0.3) is 0 Å². The van der Waals surface area contributed by atoms with Crippen LogP contribution in [0.15, 0.2) is 18.3 Å². The van der Waals surface area contributed by atoms with Crippen molar-refractivity contribution in [2.45, 2.75) is 38.1 Å². The average Bonchev–Trinajstić information content (AvgIpc) is 3.17. The van der Waals surface area contributed by atoms with Crippen LogP contribution < -0.4 is 0 Å². The Morgan fingerprint density at radius 3 is 2.80 bits per heavy atom. The van der Waals surface area contributed by atoms with E-state index in [1.54, 1.807) is 0 Å². The van der Waals surface area contributed by atoms with Gasteiger partial charge in [0.05, 0.1) is 5.69 Å². The predicted molar refractivity (Wildman–Crippen MR) is 96.1 cm³/mol. The molecule has 4 rings (SSSR count). The minimum atomic E-state index is -0.106. The zero-order valence-electron chi connectivity index (χ0n) is 13.6. The van der Waals surface area contributed by atoms with Crippen molar-refractivity contribution < 1.29 is 9.90 Å². The van der Waals surface area contributed by atoms with Crippen LogP contribution >= 0.6 is 23.2 Å². The first kappa shape index (κ1) is 16.7. The van der Waals surface area contributed by atoms with E-state index >= 15 is 0 Å². The number of H-pyrrole nitrogens is 1. The van der Waals surface area contributed by atoms with Crippen LogP contribution in [0.2, 0.25) is 10.0 Å². The van der Waals surface area contributed by atoms with Crippen molar-refractivity contribution in [3.05, 3.63) is 45.2 Å². The van der Waals surface area contributed by atoms with Gasteiger partial charge in [-0.05, 0) is 55.4 Å². The molecule has 7 heteroatoms. The number of benzene rings is 1. The summed E-state index contributed by atoms with van der Waals surface area (Å²) in [5.41, 5.74) is 3.08. The molecule has 132 valence electrons. The number of nitrogens with zero attached hydrogens (tertiary/aromatic N) is 2. The van der Waals surface area contributed by atoms with Gasteiger partial charge < -0.3 is 10.0 Å². The minimum Gasteiger partial charge on any atom is -0.508 e. The maximum atomic E-state index is 12.9. The minimum absolute atomic E-state index is 0.0382. The zero-order chi connectivity index (χ0) is 17.6. The number of hydrogen-bond acceptors (Lipinski definition) is 3. The number of halogens is 2. The molecular weight excluding hydrogens is 361 g/mol. The predicted octanol–water partition coefficient (Wildman–Crippen LogP) is 3.37. The van der Waals surface area contributed by atoms with E-state index in [2.05, 4.69) is 10.2 Å². The standard InChI is InChI=1S/C18H19Cl2N3O2/c19-15-7-13(24)8-16(20)14(15)6-10-3-4-23(18(10)25)12-1-2-17-11(5-12)9-21-22-17/h7-10,12,24H,1-6H2,(H,21,22). The summed E-state index contributed by atoms with van der Waals surface area (Å²) in [5.74, 6) is 0.110. The van der Waals surface area contributed by atoms with Crippen LogP contribution in [0.3, 0.4) is 0 Å². The summed E-state index contributed by atoms with van der Waals surface area (Å²) in [7, 11) is 0. The highest BCUT2D eigenvalue weighted by molar-refractivity contribution is 6.36. The van der Waals surface area contributed by atoms with E-state index in [1.165, 1.54) is 17.7 Å². The van der Waals surface area contributed by atoms with Crippen molar-refractivity contribution in [2.24, 2.45) is 5.92 Å². The highest BCUT2D eigenvalue weighted by Crippen LogP contribution is 2.35. The number of rotatable bonds is 3. The number of carbonyl (C=O) groups excluding carboxylic acids is 1. The fraction of sp³-hybridized carbons (Fsp3) is 0.444. The van der Waals surface area contributed by atoms with Gasteiger partial charge in [0, 0.05) is 34.7 Å². The Bertz CT molecular complexity index is 797. The molecule has 1 saturated heterocycles. The summed E-state index contributed by atoms with van der Waals surface area (Å²) >= 11 is 12.4. The second kappa shape index (κ2) is 6.54. The molecule has 2 N–H and O–H groups in total. The van der Waals surface area contributed by atoms with Gasteiger partial charge >= 0.3 is 0 Å². The first-order chi connectivity index (χ1) is 12.0. The van der Waals surface area contributed by atoms with E-state index in [9.17, 15) is 9.90 Å². The van der Waals surface area contributed by atoms with Crippen LogP contribution in [0.25, 0.3) is 0 Å². The number of phenols is 1. The lowest BCUT2D eigenvalue weighted by Gasteiger charge is -2.31. The van der Waals surface area contributed by atoms with E-state index in [0.717, 1.165) is 43.5 Å². The third kappa shape index (κ3) is 3.11. The molecule has 2 aromatic rings. The van der Waals surface area contributed by atoms with Crippen molar-refractivity contribution in [1.29, 1.82) is 0 Å². The van der Waals surface area contributed by atoms with E-state index in [1.807, 2.05) is 11.1 Å². The van der Waals surface area contributed by atoms with Crippen LogP contribution in [0.4, 0.5) is 0 Å². The van der Waals surface area contributed by atoms with E-state index < -0.39 is 0 Å². The first-order valence-electron chi connectivity index (χ1n) is 8.52. The van der Waals surface area contributed by atoms with Crippen molar-refractivity contribution >= 4 is 29.1 Å². The van der Waals surface area contributed by atoms with Gasteiger partial charge in [0.2, 0.25) is 5.91 Å². The summed E-state index contributed by atoms with van der Waals surface area (Å²) < 4.78 is 0. The third-order valence-electron chi connectivity index (χ3n) is 5.35. The van der Waals surface area contributed by atoms with Crippen molar-refractivity contribution in [2.75, 3.05) is 6.54 Å². The van der Waals surface area contributed by atoms with Gasteiger partial charge in [-0.1, -0.05) is 23.2 Å². The van der Waals surface area contributed by atoms with E-state index in [-0.39, 0.29) is 23.6 Å². The molecule has 1 aliphatic carbocycles. The molecule has 1 aliphatic heterocycles. The fourth-order valence-corrected chi connectivity index (χ4v) is 4.64. The van der Waals surface area contributed by atoms with Gasteiger partial charge in [-0.3, -0.25) is 9.89 Å². The summed E-state index contributed by atoms with van der Waals surface area (Å²) in [6.07, 6.45) is 5.99. The Morgan fingerprint density at radius 2 is 2.04 bits per heavy atom. The molecule has 5 nitrogen and oxygen atoms in total. The molecule has 1 aromatic carbocycles. The molecule has 0 bridgehead atoms. The van der Waals surface area contributed by atoms with Crippen LogP contribution in [-0.4, -0.2) is 38.7 Å². The number of fused-ring (bicyclic) bond motifs is 1. The molecule has 0 radical (unpaired) electrons. The fourth-order valence-electron chi connectivity index (χ4n) is 4.01. The SMILES string of the molecule is O=C1C(Cc2c(Cl)cc(O)cc2Cl)CCN1C1CCc2n[nH]cc2C1. The lowest BCUT2D eigenvalue weighted by atomic mass is 9.92. The number of phenolic OH excluding ortho intramolecular Hbond substituents is 1. The lowest BCUT2D eigenvalue weighted by molar-refractivity contribution is -0.133. The molecule has 2 aliphatic rings. The van der Waals surface area contributed by atoms with Crippen molar-refractivity contribution in [3.8, 4) is 5.75 Å². The molecule has 0 spiro atoms. The Labute approximate surface area is 155 Å². The molecule has 0 saturated carbocycles. The first-order valence-corrected chi connectivity index (χ1v) is 9.27. The number of aryl methyl sites for hydroxylation is 1. The average molecular weight is 380 g/mol. The Kier molecular flexibility index (Phi) is 4.38. The summed E-state index contributed by atoms with van der Waals surface area (Å²) in [6.45, 7) is 0.772. The van der Waals surface area contributed by atoms with Crippen molar-refractivity contribution in [3.63, 3.8) is 0 Å². The number of likely N-dealkylation sites (tertiary alicyclic amines) is 1. The Morgan fingerprint density at radius 1 is 1.28 bits per heavy atom. The van der Waals surface area contributed by atoms with Gasteiger partial charge in [-0.15, -0.1) is 0 Å². The number of hydrogen-bond donors (Lipinski definition) is 2. The van der Waals surface area contributed by atoms with Crippen molar-refractivity contribution in [1.82, 2.24) is 15.1 Å². The normalized spacial score (nSPS) is 23.1. The Hall–Kier alpha value is -1.72. The summed E-state index contributed by atoms with van der Waals surface area (Å²) in [6, 6.07) is 3.19. The largest absolute Gasteiger partial charge is 0.508 e. The molecule has 2 unspecified atom stereocenters. The second-order valence-corrected chi connectivity index (χ2v) is 7.68. The molecule has 2 atom stereocenters.